The van der Waals surface area contributed by atoms with E-state index in [-0.39, 0.29) is 5.82 Å². The molecule has 3 rings (SSSR count). The summed E-state index contributed by atoms with van der Waals surface area (Å²) in [5.74, 6) is 0.918. The second kappa shape index (κ2) is 6.94. The third-order valence-corrected chi connectivity index (χ3v) is 4.61. The predicted octanol–water partition coefficient (Wildman–Crippen LogP) is 2.20. The monoisotopic (exact) mass is 358 g/mol. The number of rotatable bonds is 3. The Hall–Kier alpha value is -0.850. The van der Waals surface area contributed by atoms with Crippen molar-refractivity contribution in [3.8, 4) is 11.5 Å². The quantitative estimate of drug-likeness (QED) is 0.897. The molecule has 2 aliphatic heterocycles. The summed E-state index contributed by atoms with van der Waals surface area (Å²) in [6.07, 6.45) is 1.50. The van der Waals surface area contributed by atoms with Gasteiger partial charge in [-0.2, -0.15) is 0 Å². The van der Waals surface area contributed by atoms with Gasteiger partial charge < -0.3 is 19.7 Å². The van der Waals surface area contributed by atoms with Crippen LogP contribution in [0.3, 0.4) is 0 Å². The van der Waals surface area contributed by atoms with E-state index in [0.717, 1.165) is 39.1 Å². The normalized spacial score (nSPS) is 19.3. The van der Waals surface area contributed by atoms with Crippen molar-refractivity contribution in [2.75, 3.05) is 45.9 Å². The Balaban J connectivity index is 1.75. The molecule has 0 radical (unpaired) electrons. The van der Waals surface area contributed by atoms with Gasteiger partial charge in [0.15, 0.2) is 11.5 Å². The van der Waals surface area contributed by atoms with Gasteiger partial charge in [0.25, 0.3) is 0 Å². The molecule has 0 amide bonds. The molecule has 1 saturated heterocycles. The summed E-state index contributed by atoms with van der Waals surface area (Å²) in [4.78, 5) is 2.35. The van der Waals surface area contributed by atoms with Crippen LogP contribution in [-0.2, 0) is 6.42 Å². The lowest BCUT2D eigenvalue weighted by Crippen LogP contribution is -2.44. The van der Waals surface area contributed by atoms with Gasteiger partial charge in [0, 0.05) is 39.1 Å². The SMILES string of the molecule is Fc1c(CCN2CCNCC2)cc2c(c1Br)OCCCO2. The minimum Gasteiger partial charge on any atom is -0.490 e. The van der Waals surface area contributed by atoms with E-state index in [2.05, 4.69) is 26.1 Å². The van der Waals surface area contributed by atoms with Crippen molar-refractivity contribution in [2.45, 2.75) is 12.8 Å². The van der Waals surface area contributed by atoms with Crippen molar-refractivity contribution in [3.63, 3.8) is 0 Å². The molecule has 0 aromatic heterocycles. The van der Waals surface area contributed by atoms with Gasteiger partial charge in [0.2, 0.25) is 0 Å². The molecule has 4 nitrogen and oxygen atoms in total. The van der Waals surface area contributed by atoms with Gasteiger partial charge in [-0.15, -0.1) is 0 Å². The number of nitrogens with one attached hydrogen (secondary N) is 1. The second-order valence-electron chi connectivity index (χ2n) is 5.38. The topological polar surface area (TPSA) is 33.7 Å². The zero-order valence-corrected chi connectivity index (χ0v) is 13.5. The van der Waals surface area contributed by atoms with Crippen molar-refractivity contribution in [1.29, 1.82) is 0 Å². The first-order chi connectivity index (χ1) is 10.3. The third kappa shape index (κ3) is 3.49. The smallest absolute Gasteiger partial charge is 0.178 e. The zero-order chi connectivity index (χ0) is 14.7. The predicted molar refractivity (Wildman–Crippen MR) is 82.7 cm³/mol. The maximum atomic E-state index is 14.5. The average Bonchev–Trinajstić information content (AvgIpc) is 2.76. The molecule has 116 valence electrons. The molecule has 1 fully saturated rings. The lowest BCUT2D eigenvalue weighted by Gasteiger charge is -2.27. The molecule has 1 aromatic carbocycles. The summed E-state index contributed by atoms with van der Waals surface area (Å²) >= 11 is 3.31. The maximum absolute atomic E-state index is 14.5. The lowest BCUT2D eigenvalue weighted by molar-refractivity contribution is 0.243. The summed E-state index contributed by atoms with van der Waals surface area (Å²) in [6.45, 7) is 6.10. The van der Waals surface area contributed by atoms with E-state index in [4.69, 9.17) is 9.47 Å². The highest BCUT2D eigenvalue weighted by Crippen LogP contribution is 2.40. The first-order valence-electron chi connectivity index (χ1n) is 7.45. The highest BCUT2D eigenvalue weighted by Gasteiger charge is 2.21. The highest BCUT2D eigenvalue weighted by molar-refractivity contribution is 9.10. The van der Waals surface area contributed by atoms with E-state index in [1.165, 1.54) is 0 Å². The van der Waals surface area contributed by atoms with Gasteiger partial charge in [-0.1, -0.05) is 0 Å². The first-order valence-corrected chi connectivity index (χ1v) is 8.24. The van der Waals surface area contributed by atoms with Crippen LogP contribution in [-0.4, -0.2) is 50.8 Å². The zero-order valence-electron chi connectivity index (χ0n) is 12.0. The molecule has 0 unspecified atom stereocenters. The molecule has 0 aliphatic carbocycles. The fourth-order valence-electron chi connectivity index (χ4n) is 2.69. The van der Waals surface area contributed by atoms with E-state index in [9.17, 15) is 4.39 Å². The Bertz CT molecular complexity index is 507. The molecule has 2 heterocycles. The number of hydrogen-bond acceptors (Lipinski definition) is 4. The standard InChI is InChI=1S/C15H20BrFN2O2/c16-13-14(17)11(2-5-19-6-3-18-4-7-19)10-12-15(13)21-9-1-8-20-12/h10,18H,1-9H2. The first kappa shape index (κ1) is 15.1. The molecule has 0 saturated carbocycles. The third-order valence-electron chi connectivity index (χ3n) is 3.90. The minimum absolute atomic E-state index is 0.227. The van der Waals surface area contributed by atoms with Crippen molar-refractivity contribution in [3.05, 3.63) is 21.9 Å². The van der Waals surface area contributed by atoms with Crippen LogP contribution in [0.15, 0.2) is 10.5 Å². The number of halogens is 2. The highest BCUT2D eigenvalue weighted by atomic mass is 79.9. The van der Waals surface area contributed by atoms with Crippen molar-refractivity contribution >= 4 is 15.9 Å². The second-order valence-corrected chi connectivity index (χ2v) is 6.18. The van der Waals surface area contributed by atoms with E-state index in [1.54, 1.807) is 6.07 Å². The molecule has 1 aromatic rings. The molecular weight excluding hydrogens is 339 g/mol. The number of hydrogen-bond donors (Lipinski definition) is 1. The summed E-state index contributed by atoms with van der Waals surface area (Å²) in [5, 5.41) is 3.32. The fraction of sp³-hybridized carbons (Fsp3) is 0.600. The van der Waals surface area contributed by atoms with E-state index in [1.807, 2.05) is 0 Å². The summed E-state index contributed by atoms with van der Waals surface area (Å²) in [5.41, 5.74) is 0.685. The van der Waals surface area contributed by atoms with Crippen LogP contribution in [0, 0.1) is 5.82 Å². The Labute approximate surface area is 132 Å². The van der Waals surface area contributed by atoms with Crippen molar-refractivity contribution < 1.29 is 13.9 Å². The summed E-state index contributed by atoms with van der Waals surface area (Å²) in [6, 6.07) is 1.79. The molecule has 6 heteroatoms. The fourth-order valence-corrected chi connectivity index (χ4v) is 3.25. The van der Waals surface area contributed by atoms with Gasteiger partial charge in [0.1, 0.15) is 5.82 Å². The number of nitrogens with zero attached hydrogens (tertiary/aromatic N) is 1. The maximum Gasteiger partial charge on any atom is 0.178 e. The number of fused-ring (bicyclic) bond motifs is 1. The summed E-state index contributed by atoms with van der Waals surface area (Å²) < 4.78 is 26.1. The minimum atomic E-state index is -0.227. The van der Waals surface area contributed by atoms with Crippen LogP contribution in [0.2, 0.25) is 0 Å². The molecule has 0 spiro atoms. The average molecular weight is 359 g/mol. The van der Waals surface area contributed by atoms with Gasteiger partial charge in [-0.05, 0) is 34.0 Å². The van der Waals surface area contributed by atoms with E-state index in [0.29, 0.717) is 41.2 Å². The number of piperazine rings is 1. The molecule has 2 aliphatic rings. The molecule has 1 N–H and O–H groups in total. The summed E-state index contributed by atoms with van der Waals surface area (Å²) in [7, 11) is 0. The van der Waals surface area contributed by atoms with Crippen LogP contribution in [0.5, 0.6) is 11.5 Å². The number of ether oxygens (including phenoxy) is 2. The molecular formula is C15H20BrFN2O2. The molecule has 0 bridgehead atoms. The van der Waals surface area contributed by atoms with Crippen LogP contribution in [0.1, 0.15) is 12.0 Å². The van der Waals surface area contributed by atoms with Crippen LogP contribution < -0.4 is 14.8 Å². The van der Waals surface area contributed by atoms with Crippen molar-refractivity contribution in [1.82, 2.24) is 10.2 Å². The van der Waals surface area contributed by atoms with Crippen LogP contribution in [0.25, 0.3) is 0 Å². The Morgan fingerprint density at radius 3 is 2.81 bits per heavy atom. The van der Waals surface area contributed by atoms with Crippen molar-refractivity contribution in [2.24, 2.45) is 0 Å². The van der Waals surface area contributed by atoms with Gasteiger partial charge in [-0.3, -0.25) is 0 Å². The Morgan fingerprint density at radius 2 is 2.00 bits per heavy atom. The molecule has 21 heavy (non-hydrogen) atoms. The molecule has 0 atom stereocenters. The van der Waals surface area contributed by atoms with Crippen LogP contribution in [0.4, 0.5) is 4.39 Å². The lowest BCUT2D eigenvalue weighted by atomic mass is 10.1. The largest absolute Gasteiger partial charge is 0.490 e. The Kier molecular flexibility index (Phi) is 4.98. The Morgan fingerprint density at radius 1 is 1.24 bits per heavy atom. The van der Waals surface area contributed by atoms with Gasteiger partial charge in [0.05, 0.1) is 17.7 Å². The van der Waals surface area contributed by atoms with Crippen LogP contribution >= 0.6 is 15.9 Å². The van der Waals surface area contributed by atoms with E-state index >= 15 is 0 Å². The van der Waals surface area contributed by atoms with Gasteiger partial charge >= 0.3 is 0 Å². The van der Waals surface area contributed by atoms with Gasteiger partial charge in [-0.25, -0.2) is 4.39 Å². The number of benzene rings is 1. The van der Waals surface area contributed by atoms with E-state index < -0.39 is 0 Å².